The molecule has 0 saturated heterocycles. The summed E-state index contributed by atoms with van der Waals surface area (Å²) >= 11 is 1.58. The Kier molecular flexibility index (Phi) is 9.44. The second-order valence-electron chi connectivity index (χ2n) is 6.08. The number of hydrogen-bond donors (Lipinski definition) is 0. The first-order valence-electron chi connectivity index (χ1n) is 8.99. The lowest BCUT2D eigenvalue weighted by molar-refractivity contribution is -0.147. The SMILES string of the molecule is CCOC(=O)C(CCCc1ccccc1)C[P+](=O)CSc1ccccc1. The van der Waals surface area contributed by atoms with E-state index in [1.165, 1.54) is 5.56 Å². The fourth-order valence-electron chi connectivity index (χ4n) is 2.70. The number of ether oxygens (including phenoxy) is 1. The molecule has 2 atom stereocenters. The summed E-state index contributed by atoms with van der Waals surface area (Å²) in [6.07, 6.45) is 2.93. The van der Waals surface area contributed by atoms with E-state index in [4.69, 9.17) is 4.74 Å². The predicted octanol–water partition coefficient (Wildman–Crippen LogP) is 5.77. The van der Waals surface area contributed by atoms with Crippen molar-refractivity contribution >= 4 is 25.5 Å². The summed E-state index contributed by atoms with van der Waals surface area (Å²) in [6, 6.07) is 20.2. The molecule has 2 rings (SSSR count). The highest BCUT2D eigenvalue weighted by atomic mass is 32.2. The van der Waals surface area contributed by atoms with Gasteiger partial charge in [-0.1, -0.05) is 64.9 Å². The van der Waals surface area contributed by atoms with Crippen LogP contribution in [0.5, 0.6) is 0 Å². The number of carbonyl (C=O) groups excluding carboxylic acids is 1. The molecule has 0 spiro atoms. The van der Waals surface area contributed by atoms with Crippen LogP contribution in [-0.4, -0.2) is 24.2 Å². The van der Waals surface area contributed by atoms with Crippen molar-refractivity contribution in [2.75, 3.05) is 18.3 Å². The van der Waals surface area contributed by atoms with Gasteiger partial charge in [0.1, 0.15) is 5.92 Å². The first-order chi connectivity index (χ1) is 12.7. The molecule has 0 amide bonds. The van der Waals surface area contributed by atoms with Crippen molar-refractivity contribution in [1.29, 1.82) is 0 Å². The molecule has 0 fully saturated rings. The molecule has 0 aliphatic rings. The Morgan fingerprint density at radius 2 is 1.73 bits per heavy atom. The van der Waals surface area contributed by atoms with E-state index in [1.807, 2.05) is 55.5 Å². The fourth-order valence-corrected chi connectivity index (χ4v) is 5.47. The van der Waals surface area contributed by atoms with Gasteiger partial charge in [-0.25, -0.2) is 0 Å². The first-order valence-corrected chi connectivity index (χ1v) is 11.6. The smallest absolute Gasteiger partial charge is 0.350 e. The van der Waals surface area contributed by atoms with Crippen molar-refractivity contribution in [1.82, 2.24) is 0 Å². The summed E-state index contributed by atoms with van der Waals surface area (Å²) in [5.41, 5.74) is 1.80. The Labute approximate surface area is 161 Å². The van der Waals surface area contributed by atoms with Crippen LogP contribution in [0.15, 0.2) is 65.6 Å². The summed E-state index contributed by atoms with van der Waals surface area (Å²) in [6.45, 7) is 2.17. The van der Waals surface area contributed by atoms with Crippen molar-refractivity contribution in [2.24, 2.45) is 5.92 Å². The van der Waals surface area contributed by atoms with Crippen LogP contribution in [0.25, 0.3) is 0 Å². The van der Waals surface area contributed by atoms with E-state index in [0.29, 0.717) is 24.7 Å². The lowest BCUT2D eigenvalue weighted by Gasteiger charge is -2.11. The van der Waals surface area contributed by atoms with Gasteiger partial charge in [0.2, 0.25) is 0 Å². The molecule has 0 radical (unpaired) electrons. The van der Waals surface area contributed by atoms with Gasteiger partial charge in [0, 0.05) is 4.90 Å². The number of hydrogen-bond acceptors (Lipinski definition) is 4. The standard InChI is InChI=1S/C21H26O3PS/c1-2-24-21(22)19(13-9-12-18-10-5-3-6-11-18)16-25(23)17-26-20-14-7-4-8-15-20/h3-8,10-11,14-15,19H,2,9,12-13,16-17H2,1H3/q+1. The van der Waals surface area contributed by atoms with Crippen LogP contribution in [-0.2, 0) is 20.5 Å². The van der Waals surface area contributed by atoms with Crippen LogP contribution in [0, 0.1) is 5.92 Å². The second kappa shape index (κ2) is 11.9. The maximum atomic E-state index is 12.5. The molecule has 0 N–H and O–H groups in total. The number of carbonyl (C=O) groups is 1. The van der Waals surface area contributed by atoms with Gasteiger partial charge in [-0.05, 0) is 43.9 Å². The average Bonchev–Trinajstić information content (AvgIpc) is 2.67. The Bertz CT molecular complexity index is 676. The number of thioether (sulfide) groups is 1. The third-order valence-electron chi connectivity index (χ3n) is 4.02. The summed E-state index contributed by atoms with van der Waals surface area (Å²) in [5, 5.41) is 0. The van der Waals surface area contributed by atoms with E-state index < -0.39 is 7.80 Å². The van der Waals surface area contributed by atoms with Gasteiger partial charge in [-0.3, -0.25) is 4.79 Å². The minimum Gasteiger partial charge on any atom is -0.466 e. The van der Waals surface area contributed by atoms with Crippen LogP contribution >= 0.6 is 19.6 Å². The van der Waals surface area contributed by atoms with E-state index in [2.05, 4.69) is 12.1 Å². The monoisotopic (exact) mass is 389 g/mol. The fraction of sp³-hybridized carbons (Fsp3) is 0.381. The molecule has 26 heavy (non-hydrogen) atoms. The van der Waals surface area contributed by atoms with Crippen molar-refractivity contribution < 1.29 is 14.1 Å². The van der Waals surface area contributed by atoms with Crippen LogP contribution < -0.4 is 0 Å². The molecule has 0 saturated carbocycles. The molecule has 2 unspecified atom stereocenters. The zero-order chi connectivity index (χ0) is 18.6. The van der Waals surface area contributed by atoms with Crippen LogP contribution in [0.3, 0.4) is 0 Å². The Hall–Kier alpha value is -1.64. The maximum Gasteiger partial charge on any atom is 0.350 e. The molecule has 2 aromatic carbocycles. The van der Waals surface area contributed by atoms with Crippen molar-refractivity contribution in [3.8, 4) is 0 Å². The minimum atomic E-state index is -1.45. The molecule has 3 nitrogen and oxygen atoms in total. The van der Waals surface area contributed by atoms with Gasteiger partial charge < -0.3 is 4.74 Å². The van der Waals surface area contributed by atoms with Crippen LogP contribution in [0.1, 0.15) is 25.3 Å². The number of esters is 1. The van der Waals surface area contributed by atoms with Gasteiger partial charge in [0.15, 0.2) is 11.7 Å². The topological polar surface area (TPSA) is 43.4 Å². The summed E-state index contributed by atoms with van der Waals surface area (Å²) < 4.78 is 17.7. The maximum absolute atomic E-state index is 12.5. The minimum absolute atomic E-state index is 0.214. The van der Waals surface area contributed by atoms with E-state index in [-0.39, 0.29) is 11.9 Å². The molecule has 2 aromatic rings. The van der Waals surface area contributed by atoms with Crippen molar-refractivity contribution in [2.45, 2.75) is 31.1 Å². The van der Waals surface area contributed by atoms with E-state index >= 15 is 0 Å². The quantitative estimate of drug-likeness (QED) is 0.278. The largest absolute Gasteiger partial charge is 0.466 e. The molecular formula is C21H26O3PS+. The van der Waals surface area contributed by atoms with Gasteiger partial charge in [0.05, 0.1) is 6.61 Å². The van der Waals surface area contributed by atoms with Gasteiger partial charge in [-0.2, -0.15) is 0 Å². The summed E-state index contributed by atoms with van der Waals surface area (Å²) in [7, 11) is -1.45. The molecular weight excluding hydrogens is 363 g/mol. The number of benzene rings is 2. The summed E-state index contributed by atoms with van der Waals surface area (Å²) in [4.78, 5) is 13.3. The van der Waals surface area contributed by atoms with Crippen LogP contribution in [0.2, 0.25) is 0 Å². The highest BCUT2D eigenvalue weighted by Crippen LogP contribution is 2.34. The third-order valence-corrected chi connectivity index (χ3v) is 7.15. The molecule has 0 aliphatic heterocycles. The summed E-state index contributed by atoms with van der Waals surface area (Å²) in [5.74, 6) is -0.493. The molecule has 5 heteroatoms. The lowest BCUT2D eigenvalue weighted by Crippen LogP contribution is -2.20. The van der Waals surface area contributed by atoms with Crippen molar-refractivity contribution in [3.63, 3.8) is 0 Å². The highest BCUT2D eigenvalue weighted by Gasteiger charge is 2.29. The molecule has 0 aromatic heterocycles. The zero-order valence-electron chi connectivity index (χ0n) is 15.2. The Morgan fingerprint density at radius 3 is 2.38 bits per heavy atom. The number of aryl methyl sites for hydroxylation is 1. The van der Waals surface area contributed by atoms with Crippen molar-refractivity contribution in [3.05, 3.63) is 66.2 Å². The molecule has 0 bridgehead atoms. The van der Waals surface area contributed by atoms with E-state index in [0.717, 1.165) is 17.7 Å². The molecule has 138 valence electrons. The Morgan fingerprint density at radius 1 is 1.08 bits per heavy atom. The number of rotatable bonds is 11. The van der Waals surface area contributed by atoms with Gasteiger partial charge in [0.25, 0.3) is 0 Å². The van der Waals surface area contributed by atoms with Gasteiger partial charge in [-0.15, -0.1) is 0 Å². The molecule has 0 heterocycles. The second-order valence-corrected chi connectivity index (χ2v) is 9.20. The van der Waals surface area contributed by atoms with Crippen LogP contribution in [0.4, 0.5) is 0 Å². The Balaban J connectivity index is 1.83. The van der Waals surface area contributed by atoms with E-state index in [1.54, 1.807) is 11.8 Å². The third kappa shape index (κ3) is 7.72. The zero-order valence-corrected chi connectivity index (χ0v) is 16.9. The normalized spacial score (nSPS) is 12.4. The van der Waals surface area contributed by atoms with Gasteiger partial charge >= 0.3 is 13.8 Å². The average molecular weight is 389 g/mol. The predicted molar refractivity (Wildman–Crippen MR) is 109 cm³/mol. The van der Waals surface area contributed by atoms with E-state index in [9.17, 15) is 9.36 Å². The lowest BCUT2D eigenvalue weighted by atomic mass is 10.0. The highest BCUT2D eigenvalue weighted by molar-refractivity contribution is 8.03. The molecule has 0 aliphatic carbocycles. The first kappa shape index (κ1) is 20.7.